The van der Waals surface area contributed by atoms with E-state index in [1.165, 1.54) is 0 Å². The number of nitrogens with two attached hydrogens (primary N) is 2. The van der Waals surface area contributed by atoms with E-state index in [1.54, 1.807) is 0 Å². The van der Waals surface area contributed by atoms with Crippen LogP contribution in [0.5, 0.6) is 0 Å². The summed E-state index contributed by atoms with van der Waals surface area (Å²) < 4.78 is 0. The number of amides is 2. The Kier molecular flexibility index (Phi) is 8.40. The molecule has 0 aliphatic carbocycles. The SMILES string of the molecule is CCCC[C@H](NC(=O)[C@H](C)CCCN)C(N)=O. The predicted octanol–water partition coefficient (Wildman–Crippen LogP) is 0.522. The molecule has 0 unspecified atom stereocenters. The number of rotatable bonds is 9. The zero-order valence-electron chi connectivity index (χ0n) is 10.9. The normalized spacial score (nSPS) is 14.1. The molecule has 0 fully saturated rings. The van der Waals surface area contributed by atoms with E-state index in [4.69, 9.17) is 11.5 Å². The molecule has 0 aliphatic heterocycles. The van der Waals surface area contributed by atoms with Gasteiger partial charge in [-0.1, -0.05) is 26.7 Å². The molecular weight excluding hydrogens is 218 g/mol. The van der Waals surface area contributed by atoms with Crippen LogP contribution in [0, 0.1) is 5.92 Å². The summed E-state index contributed by atoms with van der Waals surface area (Å²) in [6.45, 7) is 4.44. The Morgan fingerprint density at radius 2 is 1.88 bits per heavy atom. The first-order valence-corrected chi connectivity index (χ1v) is 6.32. The van der Waals surface area contributed by atoms with Crippen molar-refractivity contribution in [1.29, 1.82) is 0 Å². The van der Waals surface area contributed by atoms with Gasteiger partial charge >= 0.3 is 0 Å². The van der Waals surface area contributed by atoms with Crippen LogP contribution in [0.15, 0.2) is 0 Å². The fraction of sp³-hybridized carbons (Fsp3) is 0.833. The molecule has 100 valence electrons. The van der Waals surface area contributed by atoms with Crippen molar-refractivity contribution in [3.8, 4) is 0 Å². The van der Waals surface area contributed by atoms with Crippen LogP contribution >= 0.6 is 0 Å². The van der Waals surface area contributed by atoms with Crippen molar-refractivity contribution in [2.75, 3.05) is 6.54 Å². The quantitative estimate of drug-likeness (QED) is 0.550. The van der Waals surface area contributed by atoms with Crippen molar-refractivity contribution in [2.24, 2.45) is 17.4 Å². The molecule has 0 saturated heterocycles. The van der Waals surface area contributed by atoms with Gasteiger partial charge in [-0.15, -0.1) is 0 Å². The second-order valence-electron chi connectivity index (χ2n) is 4.44. The summed E-state index contributed by atoms with van der Waals surface area (Å²) >= 11 is 0. The molecular formula is C12H25N3O2. The van der Waals surface area contributed by atoms with Gasteiger partial charge in [-0.05, 0) is 25.8 Å². The van der Waals surface area contributed by atoms with Gasteiger partial charge in [0.25, 0.3) is 0 Å². The molecule has 0 heterocycles. The van der Waals surface area contributed by atoms with Crippen molar-refractivity contribution in [3.63, 3.8) is 0 Å². The molecule has 0 bridgehead atoms. The lowest BCUT2D eigenvalue weighted by molar-refractivity contribution is -0.129. The largest absolute Gasteiger partial charge is 0.368 e. The molecule has 0 aliphatic rings. The third kappa shape index (κ3) is 6.94. The van der Waals surface area contributed by atoms with E-state index >= 15 is 0 Å². The summed E-state index contributed by atoms with van der Waals surface area (Å²) in [6.07, 6.45) is 4.01. The monoisotopic (exact) mass is 243 g/mol. The zero-order chi connectivity index (χ0) is 13.3. The van der Waals surface area contributed by atoms with E-state index in [0.29, 0.717) is 13.0 Å². The summed E-state index contributed by atoms with van der Waals surface area (Å²) in [6, 6.07) is -0.539. The van der Waals surface area contributed by atoms with Gasteiger partial charge in [-0.3, -0.25) is 9.59 Å². The van der Waals surface area contributed by atoms with Crippen LogP contribution in [0.2, 0.25) is 0 Å². The zero-order valence-corrected chi connectivity index (χ0v) is 10.9. The van der Waals surface area contributed by atoms with E-state index in [9.17, 15) is 9.59 Å². The van der Waals surface area contributed by atoms with E-state index in [1.807, 2.05) is 13.8 Å². The van der Waals surface area contributed by atoms with Gasteiger partial charge in [0.2, 0.25) is 11.8 Å². The molecule has 5 N–H and O–H groups in total. The highest BCUT2D eigenvalue weighted by atomic mass is 16.2. The smallest absolute Gasteiger partial charge is 0.239 e. The average Bonchev–Trinajstić information content (AvgIpc) is 2.30. The molecule has 0 aromatic heterocycles. The highest BCUT2D eigenvalue weighted by Crippen LogP contribution is 2.07. The third-order valence-electron chi connectivity index (χ3n) is 2.80. The molecule has 0 rings (SSSR count). The number of primary amides is 1. The van der Waals surface area contributed by atoms with Crippen molar-refractivity contribution >= 4 is 11.8 Å². The molecule has 2 amide bonds. The number of nitrogens with one attached hydrogen (secondary N) is 1. The van der Waals surface area contributed by atoms with Crippen LogP contribution in [-0.4, -0.2) is 24.4 Å². The molecule has 0 radical (unpaired) electrons. The number of carbonyl (C=O) groups is 2. The minimum Gasteiger partial charge on any atom is -0.368 e. The van der Waals surface area contributed by atoms with Crippen molar-refractivity contribution < 1.29 is 9.59 Å². The van der Waals surface area contributed by atoms with Gasteiger partial charge in [-0.2, -0.15) is 0 Å². The van der Waals surface area contributed by atoms with Crippen LogP contribution in [0.1, 0.15) is 46.0 Å². The van der Waals surface area contributed by atoms with Crippen molar-refractivity contribution in [1.82, 2.24) is 5.32 Å². The van der Waals surface area contributed by atoms with Gasteiger partial charge < -0.3 is 16.8 Å². The molecule has 0 spiro atoms. The number of hydrogen-bond donors (Lipinski definition) is 3. The van der Waals surface area contributed by atoms with Gasteiger partial charge in [0.15, 0.2) is 0 Å². The maximum Gasteiger partial charge on any atom is 0.239 e. The summed E-state index contributed by atoms with van der Waals surface area (Å²) in [5.74, 6) is -0.696. The fourth-order valence-electron chi connectivity index (χ4n) is 1.56. The Morgan fingerprint density at radius 1 is 1.24 bits per heavy atom. The topological polar surface area (TPSA) is 98.2 Å². The molecule has 17 heavy (non-hydrogen) atoms. The molecule has 0 aromatic rings. The molecule has 5 heteroatoms. The summed E-state index contributed by atoms with van der Waals surface area (Å²) in [5, 5.41) is 2.71. The predicted molar refractivity (Wildman–Crippen MR) is 68.1 cm³/mol. The Balaban J connectivity index is 4.15. The molecule has 5 nitrogen and oxygen atoms in total. The van der Waals surface area contributed by atoms with Crippen LogP contribution < -0.4 is 16.8 Å². The molecule has 0 aromatic carbocycles. The van der Waals surface area contributed by atoms with Crippen molar-refractivity contribution in [2.45, 2.75) is 52.0 Å². The maximum atomic E-state index is 11.8. The van der Waals surface area contributed by atoms with Crippen LogP contribution in [0.4, 0.5) is 0 Å². The molecule has 2 atom stereocenters. The van der Waals surface area contributed by atoms with Gasteiger partial charge in [-0.25, -0.2) is 0 Å². The van der Waals surface area contributed by atoms with E-state index in [0.717, 1.165) is 25.7 Å². The standard InChI is InChI=1S/C12H25N3O2/c1-3-4-7-10(11(14)16)15-12(17)9(2)6-5-8-13/h9-10H,3-8,13H2,1-2H3,(H2,14,16)(H,15,17)/t9-,10+/m1/s1. The Labute approximate surface area is 103 Å². The number of unbranched alkanes of at least 4 members (excludes halogenated alkanes) is 1. The highest BCUT2D eigenvalue weighted by molar-refractivity contribution is 5.87. The number of carbonyl (C=O) groups excluding carboxylic acids is 2. The van der Waals surface area contributed by atoms with Gasteiger partial charge in [0.05, 0.1) is 0 Å². The highest BCUT2D eigenvalue weighted by Gasteiger charge is 2.20. The second-order valence-corrected chi connectivity index (χ2v) is 4.44. The van der Waals surface area contributed by atoms with Gasteiger partial charge in [0, 0.05) is 5.92 Å². The Morgan fingerprint density at radius 3 is 2.35 bits per heavy atom. The first kappa shape index (κ1) is 15.9. The minimum atomic E-state index is -0.539. The van der Waals surface area contributed by atoms with Gasteiger partial charge in [0.1, 0.15) is 6.04 Å². The lowest BCUT2D eigenvalue weighted by Gasteiger charge is -2.18. The lowest BCUT2D eigenvalue weighted by atomic mass is 10.0. The Hall–Kier alpha value is -1.10. The molecule has 0 saturated carbocycles. The van der Waals surface area contributed by atoms with Crippen LogP contribution in [0.25, 0.3) is 0 Å². The van der Waals surface area contributed by atoms with E-state index in [2.05, 4.69) is 5.32 Å². The number of hydrogen-bond acceptors (Lipinski definition) is 3. The maximum absolute atomic E-state index is 11.8. The van der Waals surface area contributed by atoms with E-state index < -0.39 is 11.9 Å². The summed E-state index contributed by atoms with van der Waals surface area (Å²) in [5.41, 5.74) is 10.6. The van der Waals surface area contributed by atoms with Crippen molar-refractivity contribution in [3.05, 3.63) is 0 Å². The lowest BCUT2D eigenvalue weighted by Crippen LogP contribution is -2.46. The van der Waals surface area contributed by atoms with Crippen LogP contribution in [0.3, 0.4) is 0 Å². The minimum absolute atomic E-state index is 0.113. The first-order valence-electron chi connectivity index (χ1n) is 6.32. The second kappa shape index (κ2) is 8.98. The summed E-state index contributed by atoms with van der Waals surface area (Å²) in [7, 11) is 0. The first-order chi connectivity index (χ1) is 8.02. The average molecular weight is 243 g/mol. The fourth-order valence-corrected chi connectivity index (χ4v) is 1.56. The van der Waals surface area contributed by atoms with Crippen LogP contribution in [-0.2, 0) is 9.59 Å². The van der Waals surface area contributed by atoms with E-state index in [-0.39, 0.29) is 11.8 Å². The third-order valence-corrected chi connectivity index (χ3v) is 2.80. The summed E-state index contributed by atoms with van der Waals surface area (Å²) in [4.78, 5) is 22.9. The Bertz CT molecular complexity index is 244.